The smallest absolute Gasteiger partial charge is 0.0861 e. The molecule has 0 rings (SSSR count). The van der Waals surface area contributed by atoms with Crippen LogP contribution in [0, 0.1) is 16.7 Å². The molecule has 0 saturated heterocycles. The number of unbranched alkanes of at least 4 members (excludes halogenated alkanes) is 1. The van der Waals surface area contributed by atoms with Crippen LogP contribution in [-0.4, -0.2) is 12.6 Å². The van der Waals surface area contributed by atoms with Crippen LogP contribution in [0.15, 0.2) is 4.99 Å². The number of rotatable bonds is 3. The highest BCUT2D eigenvalue weighted by Crippen LogP contribution is 1.84. The van der Waals surface area contributed by atoms with E-state index in [1.807, 2.05) is 12.1 Å². The van der Waals surface area contributed by atoms with Crippen LogP contribution in [0.3, 0.4) is 0 Å². The van der Waals surface area contributed by atoms with Gasteiger partial charge in [-0.15, -0.1) is 0 Å². The van der Waals surface area contributed by atoms with Crippen LogP contribution in [0.25, 0.3) is 0 Å². The molecule has 0 aliphatic carbocycles. The van der Waals surface area contributed by atoms with Crippen LogP contribution in [0.5, 0.6) is 0 Å². The molecule has 0 fully saturated rings. The molecular formula is C5H7N3. The van der Waals surface area contributed by atoms with Crippen molar-refractivity contribution in [3.05, 3.63) is 0 Å². The van der Waals surface area contributed by atoms with E-state index in [9.17, 15) is 0 Å². The van der Waals surface area contributed by atoms with Crippen LogP contribution < -0.4 is 0 Å². The molecule has 0 aromatic carbocycles. The molecule has 0 aliphatic heterocycles. The summed E-state index contributed by atoms with van der Waals surface area (Å²) in [6, 6.07) is 3.87. The lowest BCUT2D eigenvalue weighted by atomic mass is 10.3. The van der Waals surface area contributed by atoms with E-state index in [2.05, 4.69) is 4.99 Å². The lowest BCUT2D eigenvalue weighted by molar-refractivity contribution is 0.866. The highest BCUT2D eigenvalue weighted by molar-refractivity contribution is 5.35. The van der Waals surface area contributed by atoms with Crippen LogP contribution >= 0.6 is 0 Å². The van der Waals surface area contributed by atoms with E-state index in [1.54, 1.807) is 0 Å². The van der Waals surface area contributed by atoms with E-state index in [0.29, 0.717) is 13.0 Å². The van der Waals surface area contributed by atoms with Gasteiger partial charge in [-0.2, -0.15) is 5.26 Å². The zero-order chi connectivity index (χ0) is 6.24. The van der Waals surface area contributed by atoms with Crippen LogP contribution in [0.2, 0.25) is 0 Å². The molecule has 0 aliphatic rings. The van der Waals surface area contributed by atoms with Gasteiger partial charge in [0.2, 0.25) is 0 Å². The van der Waals surface area contributed by atoms with Gasteiger partial charge in [-0.25, -0.2) is 10.4 Å². The first-order valence-electron chi connectivity index (χ1n) is 2.37. The number of hydrogen-bond acceptors (Lipinski definition) is 3. The fourth-order valence-corrected chi connectivity index (χ4v) is 0.293. The molecule has 0 heterocycles. The van der Waals surface area contributed by atoms with Crippen molar-refractivity contribution in [3.63, 3.8) is 0 Å². The molecule has 3 heteroatoms. The van der Waals surface area contributed by atoms with Crippen molar-refractivity contribution in [1.82, 2.24) is 0 Å². The Balaban J connectivity index is 2.96. The number of hydrogen-bond donors (Lipinski definition) is 1. The summed E-state index contributed by atoms with van der Waals surface area (Å²) < 4.78 is 0. The summed E-state index contributed by atoms with van der Waals surface area (Å²) in [5, 5.41) is 14.3. The third-order valence-electron chi connectivity index (χ3n) is 0.638. The Morgan fingerprint density at radius 3 is 2.88 bits per heavy atom. The maximum absolute atomic E-state index is 8.01. The van der Waals surface area contributed by atoms with Crippen molar-refractivity contribution in [2.24, 2.45) is 4.99 Å². The predicted octanol–water partition coefficient (Wildman–Crippen LogP) is 1.04. The fourth-order valence-electron chi connectivity index (χ4n) is 0.293. The largest absolute Gasteiger partial charge is 0.242 e. The number of nitrogens with zero attached hydrogens (tertiary/aromatic N) is 2. The molecule has 3 nitrogen and oxygen atoms in total. The summed E-state index contributed by atoms with van der Waals surface area (Å²) in [6.07, 6.45) is 1.26. The minimum absolute atomic E-state index is 0.519. The number of nitrogens with one attached hydrogen (secondary N) is 1. The van der Waals surface area contributed by atoms with Crippen molar-refractivity contribution in [2.75, 3.05) is 6.54 Å². The third-order valence-corrected chi connectivity index (χ3v) is 0.638. The van der Waals surface area contributed by atoms with Gasteiger partial charge in [0.1, 0.15) is 0 Å². The molecule has 0 atom stereocenters. The Labute approximate surface area is 48.2 Å². The van der Waals surface area contributed by atoms with E-state index in [-0.39, 0.29) is 0 Å². The Morgan fingerprint density at radius 2 is 2.38 bits per heavy atom. The molecule has 42 valence electrons. The highest BCUT2D eigenvalue weighted by atomic mass is 14.7. The summed E-state index contributed by atoms with van der Waals surface area (Å²) in [5.41, 5.74) is 0. The van der Waals surface area contributed by atoms with Gasteiger partial charge in [0.15, 0.2) is 0 Å². The molecule has 0 unspecified atom stereocenters. The lowest BCUT2D eigenvalue weighted by Gasteiger charge is -1.79. The van der Waals surface area contributed by atoms with Gasteiger partial charge in [-0.1, -0.05) is 0 Å². The average molecular weight is 109 g/mol. The predicted molar refractivity (Wildman–Crippen MR) is 29.9 cm³/mol. The number of nitriles is 1. The van der Waals surface area contributed by atoms with Gasteiger partial charge in [0.25, 0.3) is 0 Å². The van der Waals surface area contributed by atoms with Crippen LogP contribution in [0.1, 0.15) is 12.8 Å². The van der Waals surface area contributed by atoms with Gasteiger partial charge in [-0.3, -0.25) is 0 Å². The first-order chi connectivity index (χ1) is 3.91. The molecular weight excluding hydrogens is 102 g/mol. The lowest BCUT2D eigenvalue weighted by Crippen LogP contribution is -1.76. The van der Waals surface area contributed by atoms with Crippen molar-refractivity contribution in [1.29, 1.82) is 10.7 Å². The first kappa shape index (κ1) is 6.87. The molecule has 0 saturated carbocycles. The standard InChI is InChI=1S/C5H7N3/c6-3-1-2-4-8-5-7/h7H,1-2,4H2. The molecule has 0 spiro atoms. The summed E-state index contributed by atoms with van der Waals surface area (Å²) in [7, 11) is 0. The Kier molecular flexibility index (Phi) is 5.04. The molecule has 1 N–H and O–H groups in total. The van der Waals surface area contributed by atoms with Gasteiger partial charge in [0, 0.05) is 6.42 Å². The second-order valence-electron chi connectivity index (χ2n) is 1.26. The van der Waals surface area contributed by atoms with E-state index in [0.717, 1.165) is 6.42 Å². The Bertz CT molecular complexity index is 127. The quantitative estimate of drug-likeness (QED) is 0.427. The van der Waals surface area contributed by atoms with E-state index < -0.39 is 0 Å². The summed E-state index contributed by atoms with van der Waals surface area (Å²) >= 11 is 0. The third kappa shape index (κ3) is 4.87. The normalized spacial score (nSPS) is 6.88. The summed E-state index contributed by atoms with van der Waals surface area (Å²) in [4.78, 5) is 3.47. The van der Waals surface area contributed by atoms with Crippen molar-refractivity contribution < 1.29 is 0 Å². The van der Waals surface area contributed by atoms with Gasteiger partial charge < -0.3 is 0 Å². The Morgan fingerprint density at radius 1 is 1.62 bits per heavy atom. The summed E-state index contributed by atoms with van der Waals surface area (Å²) in [5.74, 6) is 0. The van der Waals surface area contributed by atoms with Crippen LogP contribution in [-0.2, 0) is 0 Å². The SMILES string of the molecule is N#CCCCN=C=N. The van der Waals surface area contributed by atoms with Crippen LogP contribution in [0.4, 0.5) is 0 Å². The maximum Gasteiger partial charge on any atom is 0.0861 e. The first-order valence-corrected chi connectivity index (χ1v) is 2.37. The highest BCUT2D eigenvalue weighted by Gasteiger charge is 1.78. The second-order valence-corrected chi connectivity index (χ2v) is 1.26. The van der Waals surface area contributed by atoms with Gasteiger partial charge in [-0.05, 0) is 6.42 Å². The van der Waals surface area contributed by atoms with E-state index in [4.69, 9.17) is 10.7 Å². The maximum atomic E-state index is 8.01. The monoisotopic (exact) mass is 109 g/mol. The van der Waals surface area contributed by atoms with E-state index in [1.165, 1.54) is 0 Å². The van der Waals surface area contributed by atoms with Gasteiger partial charge >= 0.3 is 0 Å². The molecule has 0 aromatic heterocycles. The molecule has 0 bridgehead atoms. The zero-order valence-corrected chi connectivity index (χ0v) is 4.52. The molecule has 0 radical (unpaired) electrons. The van der Waals surface area contributed by atoms with Crippen molar-refractivity contribution in [3.8, 4) is 6.07 Å². The van der Waals surface area contributed by atoms with E-state index >= 15 is 0 Å². The topological polar surface area (TPSA) is 60.0 Å². The zero-order valence-electron chi connectivity index (χ0n) is 4.52. The molecule has 0 aromatic rings. The Hall–Kier alpha value is -1.13. The van der Waals surface area contributed by atoms with Gasteiger partial charge in [0.05, 0.1) is 18.6 Å². The fraction of sp³-hybridized carbons (Fsp3) is 0.600. The van der Waals surface area contributed by atoms with Crippen molar-refractivity contribution >= 4 is 6.01 Å². The number of aliphatic imine (C=N–C) groups is 1. The summed E-state index contributed by atoms with van der Waals surface area (Å²) in [6.45, 7) is 0.553. The minimum atomic E-state index is 0.519. The molecule has 8 heavy (non-hydrogen) atoms. The average Bonchev–Trinajstić information content (AvgIpc) is 1.81. The minimum Gasteiger partial charge on any atom is -0.242 e. The molecule has 0 amide bonds. The second kappa shape index (κ2) is 5.87. The van der Waals surface area contributed by atoms with Crippen molar-refractivity contribution in [2.45, 2.75) is 12.8 Å².